The molecule has 1 unspecified atom stereocenters. The number of nitrogens with zero attached hydrogens (tertiary/aromatic N) is 2. The molecule has 2 heterocycles. The van der Waals surface area contributed by atoms with E-state index in [1.165, 1.54) is 0 Å². The molecule has 3 nitrogen and oxygen atoms in total. The van der Waals surface area contributed by atoms with Crippen LogP contribution < -0.4 is 5.73 Å². The molecule has 0 bridgehead atoms. The van der Waals surface area contributed by atoms with Crippen LogP contribution in [0.5, 0.6) is 0 Å². The zero-order valence-electron chi connectivity index (χ0n) is 7.84. The summed E-state index contributed by atoms with van der Waals surface area (Å²) in [5.74, 6) is 0. The summed E-state index contributed by atoms with van der Waals surface area (Å²) in [6.45, 7) is 1.96. The van der Waals surface area contributed by atoms with Gasteiger partial charge in [-0.2, -0.15) is 0 Å². The van der Waals surface area contributed by atoms with Crippen molar-refractivity contribution in [2.24, 2.45) is 5.73 Å². The third-order valence-corrected chi connectivity index (χ3v) is 2.87. The molecule has 0 aromatic carbocycles. The van der Waals surface area contributed by atoms with Gasteiger partial charge in [-0.05, 0) is 18.6 Å². The highest BCUT2D eigenvalue weighted by Crippen LogP contribution is 2.20. The van der Waals surface area contributed by atoms with Crippen LogP contribution in [0.15, 0.2) is 29.9 Å². The van der Waals surface area contributed by atoms with E-state index in [-0.39, 0.29) is 6.04 Å². The minimum Gasteiger partial charge on any atom is -0.318 e. The number of pyridine rings is 1. The maximum atomic E-state index is 6.02. The lowest BCUT2D eigenvalue weighted by molar-refractivity contribution is 0.848. The molecular weight excluding hydrogens is 194 g/mol. The molecule has 4 heteroatoms. The molecular formula is C10H11N3S. The summed E-state index contributed by atoms with van der Waals surface area (Å²) >= 11 is 1.57. The molecule has 0 aliphatic carbocycles. The Morgan fingerprint density at radius 3 is 2.79 bits per heavy atom. The first-order valence-electron chi connectivity index (χ1n) is 4.35. The molecule has 2 rings (SSSR count). The molecule has 0 aliphatic heterocycles. The molecule has 0 aliphatic rings. The van der Waals surface area contributed by atoms with Gasteiger partial charge in [0.25, 0.3) is 0 Å². The highest BCUT2D eigenvalue weighted by atomic mass is 32.1. The maximum Gasteiger partial charge on any atom is 0.114 e. The SMILES string of the molecule is Cc1ccc(C(N)c2nccs2)cn1. The van der Waals surface area contributed by atoms with Crippen molar-refractivity contribution in [3.63, 3.8) is 0 Å². The normalized spacial score (nSPS) is 12.7. The molecule has 0 fully saturated rings. The van der Waals surface area contributed by atoms with E-state index in [4.69, 9.17) is 5.73 Å². The molecule has 2 N–H and O–H groups in total. The predicted molar refractivity (Wildman–Crippen MR) is 57.1 cm³/mol. The third-order valence-electron chi connectivity index (χ3n) is 2.01. The zero-order chi connectivity index (χ0) is 9.97. The fourth-order valence-corrected chi connectivity index (χ4v) is 1.86. The number of aryl methyl sites for hydroxylation is 1. The van der Waals surface area contributed by atoms with Gasteiger partial charge in [0.2, 0.25) is 0 Å². The fraction of sp³-hybridized carbons (Fsp3) is 0.200. The van der Waals surface area contributed by atoms with Crippen molar-refractivity contribution in [3.05, 3.63) is 46.2 Å². The zero-order valence-corrected chi connectivity index (χ0v) is 8.66. The van der Waals surface area contributed by atoms with Crippen molar-refractivity contribution in [3.8, 4) is 0 Å². The van der Waals surface area contributed by atoms with Crippen LogP contribution in [0.4, 0.5) is 0 Å². The van der Waals surface area contributed by atoms with Gasteiger partial charge in [-0.1, -0.05) is 6.07 Å². The molecule has 0 radical (unpaired) electrons. The second kappa shape index (κ2) is 3.86. The van der Waals surface area contributed by atoms with Crippen LogP contribution in [0.25, 0.3) is 0 Å². The number of hydrogen-bond acceptors (Lipinski definition) is 4. The summed E-state index contributed by atoms with van der Waals surface area (Å²) < 4.78 is 0. The van der Waals surface area contributed by atoms with Crippen LogP contribution in [0.2, 0.25) is 0 Å². The Balaban J connectivity index is 2.28. The summed E-state index contributed by atoms with van der Waals surface area (Å²) in [5, 5.41) is 2.85. The Morgan fingerprint density at radius 2 is 2.21 bits per heavy atom. The summed E-state index contributed by atoms with van der Waals surface area (Å²) in [4.78, 5) is 8.39. The molecule has 0 saturated carbocycles. The van der Waals surface area contributed by atoms with Crippen LogP contribution in [0, 0.1) is 6.92 Å². The number of rotatable bonds is 2. The van der Waals surface area contributed by atoms with E-state index in [1.54, 1.807) is 23.7 Å². The van der Waals surface area contributed by atoms with Crippen molar-refractivity contribution in [2.45, 2.75) is 13.0 Å². The maximum absolute atomic E-state index is 6.02. The highest BCUT2D eigenvalue weighted by molar-refractivity contribution is 7.09. The van der Waals surface area contributed by atoms with Crippen molar-refractivity contribution < 1.29 is 0 Å². The van der Waals surface area contributed by atoms with E-state index in [1.807, 2.05) is 24.4 Å². The number of thiazole rings is 1. The molecule has 14 heavy (non-hydrogen) atoms. The van der Waals surface area contributed by atoms with E-state index in [9.17, 15) is 0 Å². The molecule has 0 amide bonds. The van der Waals surface area contributed by atoms with E-state index >= 15 is 0 Å². The molecule has 0 spiro atoms. The standard InChI is InChI=1S/C10H11N3S/c1-7-2-3-8(6-13-7)9(11)10-12-4-5-14-10/h2-6,9H,11H2,1H3. The monoisotopic (exact) mass is 205 g/mol. The van der Waals surface area contributed by atoms with Crippen LogP contribution >= 0.6 is 11.3 Å². The second-order valence-corrected chi connectivity index (χ2v) is 4.01. The Hall–Kier alpha value is -1.26. The largest absolute Gasteiger partial charge is 0.318 e. The van der Waals surface area contributed by atoms with Crippen LogP contribution in [-0.4, -0.2) is 9.97 Å². The van der Waals surface area contributed by atoms with E-state index in [2.05, 4.69) is 9.97 Å². The van der Waals surface area contributed by atoms with Gasteiger partial charge in [-0.15, -0.1) is 11.3 Å². The van der Waals surface area contributed by atoms with Gasteiger partial charge in [-0.3, -0.25) is 4.98 Å². The van der Waals surface area contributed by atoms with Crippen molar-refractivity contribution >= 4 is 11.3 Å². The fourth-order valence-electron chi connectivity index (χ4n) is 1.19. The number of nitrogens with two attached hydrogens (primary N) is 1. The lowest BCUT2D eigenvalue weighted by atomic mass is 10.1. The summed E-state index contributed by atoms with van der Waals surface area (Å²) in [6, 6.07) is 3.81. The highest BCUT2D eigenvalue weighted by Gasteiger charge is 2.10. The minimum atomic E-state index is -0.150. The summed E-state index contributed by atoms with van der Waals surface area (Å²) in [7, 11) is 0. The van der Waals surface area contributed by atoms with Gasteiger partial charge in [0, 0.05) is 23.5 Å². The van der Waals surface area contributed by atoms with E-state index in [0.29, 0.717) is 0 Å². The van der Waals surface area contributed by atoms with E-state index in [0.717, 1.165) is 16.3 Å². The smallest absolute Gasteiger partial charge is 0.114 e. The van der Waals surface area contributed by atoms with Gasteiger partial charge in [0.1, 0.15) is 5.01 Å². The van der Waals surface area contributed by atoms with Crippen LogP contribution in [0.1, 0.15) is 22.3 Å². The molecule has 1 atom stereocenters. The van der Waals surface area contributed by atoms with Crippen molar-refractivity contribution in [1.82, 2.24) is 9.97 Å². The summed E-state index contributed by atoms with van der Waals surface area (Å²) in [5.41, 5.74) is 8.02. The van der Waals surface area contributed by atoms with Gasteiger partial charge in [-0.25, -0.2) is 4.98 Å². The van der Waals surface area contributed by atoms with E-state index < -0.39 is 0 Å². The second-order valence-electron chi connectivity index (χ2n) is 3.08. The first kappa shape index (κ1) is 9.30. The van der Waals surface area contributed by atoms with Crippen LogP contribution in [-0.2, 0) is 0 Å². The van der Waals surface area contributed by atoms with Gasteiger partial charge < -0.3 is 5.73 Å². The topological polar surface area (TPSA) is 51.8 Å². The predicted octanol–water partition coefficient (Wildman–Crippen LogP) is 1.89. The molecule has 2 aromatic heterocycles. The Bertz CT molecular complexity index is 394. The summed E-state index contributed by atoms with van der Waals surface area (Å²) in [6.07, 6.45) is 3.57. The molecule has 0 saturated heterocycles. The lowest BCUT2D eigenvalue weighted by Gasteiger charge is -2.07. The first-order chi connectivity index (χ1) is 6.77. The number of aromatic nitrogens is 2. The van der Waals surface area contributed by atoms with Gasteiger partial charge in [0.05, 0.1) is 6.04 Å². The molecule has 72 valence electrons. The van der Waals surface area contributed by atoms with Gasteiger partial charge >= 0.3 is 0 Å². The Labute approximate surface area is 86.6 Å². The Morgan fingerprint density at radius 1 is 1.36 bits per heavy atom. The average Bonchev–Trinajstić information content (AvgIpc) is 2.71. The average molecular weight is 205 g/mol. The third kappa shape index (κ3) is 1.81. The van der Waals surface area contributed by atoms with Crippen molar-refractivity contribution in [2.75, 3.05) is 0 Å². The number of hydrogen-bond donors (Lipinski definition) is 1. The first-order valence-corrected chi connectivity index (χ1v) is 5.23. The van der Waals surface area contributed by atoms with Crippen molar-refractivity contribution in [1.29, 1.82) is 0 Å². The van der Waals surface area contributed by atoms with Gasteiger partial charge in [0.15, 0.2) is 0 Å². The van der Waals surface area contributed by atoms with Crippen LogP contribution in [0.3, 0.4) is 0 Å². The Kier molecular flexibility index (Phi) is 2.56. The minimum absolute atomic E-state index is 0.150. The lowest BCUT2D eigenvalue weighted by Crippen LogP contribution is -2.11. The molecule has 2 aromatic rings. The quantitative estimate of drug-likeness (QED) is 0.814.